The number of hydrogen-bond donors (Lipinski definition) is 0. The van der Waals surface area contributed by atoms with Crippen molar-refractivity contribution in [1.29, 1.82) is 0 Å². The molecule has 2 rings (SSSR count). The molecular formula is C11H10N2O2. The van der Waals surface area contributed by atoms with Gasteiger partial charge in [0, 0.05) is 12.7 Å². The number of rotatable bonds is 2. The van der Waals surface area contributed by atoms with Gasteiger partial charge in [0.15, 0.2) is 0 Å². The maximum atomic E-state index is 11.4. The minimum absolute atomic E-state index is 0.0982. The standard InChI is InChI=1S/C11H10N2O2/c1-13-10-4-8(6-12-7-14)2-3-9(10)5-11(13)15/h2-4H,5-6H2,1H3. The monoisotopic (exact) mass is 202 g/mol. The number of isocyanates is 1. The van der Waals surface area contributed by atoms with Gasteiger partial charge in [-0.2, -0.15) is 0 Å². The molecule has 0 N–H and O–H groups in total. The summed E-state index contributed by atoms with van der Waals surface area (Å²) >= 11 is 0. The van der Waals surface area contributed by atoms with Crippen molar-refractivity contribution in [3.63, 3.8) is 0 Å². The lowest BCUT2D eigenvalue weighted by molar-refractivity contribution is -0.117. The molecule has 4 heteroatoms. The Labute approximate surface area is 87.2 Å². The zero-order chi connectivity index (χ0) is 10.8. The van der Waals surface area contributed by atoms with Gasteiger partial charge in [0.2, 0.25) is 12.0 Å². The van der Waals surface area contributed by atoms with Gasteiger partial charge >= 0.3 is 0 Å². The Hall–Kier alpha value is -1.93. The number of carbonyl (C=O) groups excluding carboxylic acids is 2. The Morgan fingerprint density at radius 2 is 2.33 bits per heavy atom. The fourth-order valence-corrected chi connectivity index (χ4v) is 1.71. The molecule has 0 bridgehead atoms. The fourth-order valence-electron chi connectivity index (χ4n) is 1.71. The normalized spacial score (nSPS) is 13.7. The lowest BCUT2D eigenvalue weighted by Crippen LogP contribution is -2.20. The molecule has 15 heavy (non-hydrogen) atoms. The number of amides is 1. The van der Waals surface area contributed by atoms with Crippen molar-refractivity contribution in [2.45, 2.75) is 13.0 Å². The van der Waals surface area contributed by atoms with Crippen LogP contribution < -0.4 is 4.90 Å². The predicted octanol–water partition coefficient (Wildman–Crippen LogP) is 1.04. The number of hydrogen-bond acceptors (Lipinski definition) is 3. The molecule has 0 saturated carbocycles. The number of benzene rings is 1. The first kappa shape index (κ1) is 9.62. The highest BCUT2D eigenvalue weighted by atomic mass is 16.2. The maximum Gasteiger partial charge on any atom is 0.235 e. The first-order valence-electron chi connectivity index (χ1n) is 4.64. The van der Waals surface area contributed by atoms with E-state index >= 15 is 0 Å². The number of fused-ring (bicyclic) bond motifs is 1. The van der Waals surface area contributed by atoms with Gasteiger partial charge in [-0.1, -0.05) is 12.1 Å². The Morgan fingerprint density at radius 1 is 1.53 bits per heavy atom. The molecule has 4 nitrogen and oxygen atoms in total. The van der Waals surface area contributed by atoms with Gasteiger partial charge in [-0.05, 0) is 17.2 Å². The molecule has 1 aliphatic heterocycles. The lowest BCUT2D eigenvalue weighted by Gasteiger charge is -2.10. The van der Waals surface area contributed by atoms with Crippen LogP contribution in [0.5, 0.6) is 0 Å². The van der Waals surface area contributed by atoms with Gasteiger partial charge < -0.3 is 4.90 Å². The molecule has 0 atom stereocenters. The molecule has 0 aliphatic carbocycles. The third kappa shape index (κ3) is 1.67. The van der Waals surface area contributed by atoms with E-state index in [1.165, 1.54) is 6.08 Å². The molecule has 1 aromatic rings. The van der Waals surface area contributed by atoms with E-state index in [0.717, 1.165) is 16.8 Å². The molecule has 0 aromatic heterocycles. The van der Waals surface area contributed by atoms with Gasteiger partial charge in [0.1, 0.15) is 0 Å². The molecule has 0 unspecified atom stereocenters. The summed E-state index contributed by atoms with van der Waals surface area (Å²) in [7, 11) is 1.75. The average Bonchev–Trinajstić information content (AvgIpc) is 2.52. The van der Waals surface area contributed by atoms with E-state index in [0.29, 0.717) is 13.0 Å². The van der Waals surface area contributed by atoms with Crippen LogP contribution in [-0.2, 0) is 22.6 Å². The number of nitrogens with zero attached hydrogens (tertiary/aromatic N) is 2. The Kier molecular flexibility index (Phi) is 2.35. The lowest BCUT2D eigenvalue weighted by atomic mass is 10.1. The zero-order valence-electron chi connectivity index (χ0n) is 8.36. The van der Waals surface area contributed by atoms with Crippen molar-refractivity contribution in [1.82, 2.24) is 0 Å². The van der Waals surface area contributed by atoms with Crippen LogP contribution in [0, 0.1) is 0 Å². The van der Waals surface area contributed by atoms with Crippen LogP contribution in [0.3, 0.4) is 0 Å². The predicted molar refractivity (Wildman–Crippen MR) is 55.4 cm³/mol. The van der Waals surface area contributed by atoms with Crippen molar-refractivity contribution in [3.05, 3.63) is 29.3 Å². The second-order valence-corrected chi connectivity index (χ2v) is 3.50. The van der Waals surface area contributed by atoms with E-state index < -0.39 is 0 Å². The van der Waals surface area contributed by atoms with Crippen molar-refractivity contribution >= 4 is 17.7 Å². The van der Waals surface area contributed by atoms with E-state index in [9.17, 15) is 9.59 Å². The van der Waals surface area contributed by atoms with Gasteiger partial charge in [-0.3, -0.25) is 4.79 Å². The SMILES string of the molecule is CN1C(=O)Cc2ccc(CN=C=O)cc21. The molecule has 0 radical (unpaired) electrons. The number of carbonyl (C=O) groups is 1. The first-order valence-corrected chi connectivity index (χ1v) is 4.64. The second-order valence-electron chi connectivity index (χ2n) is 3.50. The van der Waals surface area contributed by atoms with Crippen molar-refractivity contribution in [3.8, 4) is 0 Å². The molecule has 0 spiro atoms. The highest BCUT2D eigenvalue weighted by molar-refractivity contribution is 6.00. The van der Waals surface area contributed by atoms with Crippen LogP contribution in [0.1, 0.15) is 11.1 Å². The van der Waals surface area contributed by atoms with Gasteiger partial charge in [-0.15, -0.1) is 0 Å². The summed E-state index contributed by atoms with van der Waals surface area (Å²) < 4.78 is 0. The summed E-state index contributed by atoms with van der Waals surface area (Å²) in [5.41, 5.74) is 2.86. The molecule has 1 heterocycles. The van der Waals surface area contributed by atoms with Crippen LogP contribution in [0.25, 0.3) is 0 Å². The maximum absolute atomic E-state index is 11.4. The topological polar surface area (TPSA) is 49.7 Å². The number of likely N-dealkylation sites (N-methyl/N-ethyl adjacent to an activating group) is 1. The fraction of sp³-hybridized carbons (Fsp3) is 0.273. The Balaban J connectivity index is 2.35. The van der Waals surface area contributed by atoms with Crippen molar-refractivity contribution in [2.24, 2.45) is 4.99 Å². The minimum Gasteiger partial charge on any atom is -0.315 e. The Morgan fingerprint density at radius 3 is 3.07 bits per heavy atom. The second kappa shape index (κ2) is 3.67. The van der Waals surface area contributed by atoms with Crippen LogP contribution in [-0.4, -0.2) is 19.0 Å². The van der Waals surface area contributed by atoms with Crippen LogP contribution in [0.15, 0.2) is 23.2 Å². The number of aliphatic imine (C=N–C) groups is 1. The van der Waals surface area contributed by atoms with Gasteiger partial charge in [-0.25, -0.2) is 9.79 Å². The smallest absolute Gasteiger partial charge is 0.235 e. The molecule has 1 amide bonds. The molecule has 76 valence electrons. The first-order chi connectivity index (χ1) is 7.22. The summed E-state index contributed by atoms with van der Waals surface area (Å²) in [5.74, 6) is 0.0982. The Bertz CT molecular complexity index is 462. The van der Waals surface area contributed by atoms with E-state index in [-0.39, 0.29) is 5.91 Å². The van der Waals surface area contributed by atoms with Gasteiger partial charge in [0.05, 0.1) is 13.0 Å². The minimum atomic E-state index is 0.0982. The number of anilines is 1. The quantitative estimate of drug-likeness (QED) is 0.531. The highest BCUT2D eigenvalue weighted by Crippen LogP contribution is 2.28. The van der Waals surface area contributed by atoms with Crippen molar-refractivity contribution < 1.29 is 9.59 Å². The average molecular weight is 202 g/mol. The summed E-state index contributed by atoms with van der Waals surface area (Å²) in [4.78, 5) is 26.5. The van der Waals surface area contributed by atoms with E-state index in [4.69, 9.17) is 0 Å². The van der Waals surface area contributed by atoms with Crippen molar-refractivity contribution in [2.75, 3.05) is 11.9 Å². The zero-order valence-corrected chi connectivity index (χ0v) is 8.36. The van der Waals surface area contributed by atoms with E-state index in [1.54, 1.807) is 11.9 Å². The summed E-state index contributed by atoms with van der Waals surface area (Å²) in [5, 5.41) is 0. The molecule has 1 aromatic carbocycles. The highest BCUT2D eigenvalue weighted by Gasteiger charge is 2.23. The summed E-state index contributed by atoms with van der Waals surface area (Å²) in [6.07, 6.45) is 1.96. The molecule has 0 saturated heterocycles. The molecular weight excluding hydrogens is 192 g/mol. The van der Waals surface area contributed by atoms with Crippen LogP contribution in [0.2, 0.25) is 0 Å². The summed E-state index contributed by atoms with van der Waals surface area (Å²) in [6, 6.07) is 5.68. The summed E-state index contributed by atoms with van der Waals surface area (Å²) in [6.45, 7) is 0.318. The van der Waals surface area contributed by atoms with E-state index in [1.807, 2.05) is 18.2 Å². The third-order valence-corrected chi connectivity index (χ3v) is 2.55. The van der Waals surface area contributed by atoms with Gasteiger partial charge in [0.25, 0.3) is 0 Å². The van der Waals surface area contributed by atoms with Crippen LogP contribution in [0.4, 0.5) is 5.69 Å². The van der Waals surface area contributed by atoms with Crippen LogP contribution >= 0.6 is 0 Å². The van der Waals surface area contributed by atoms with E-state index in [2.05, 4.69) is 4.99 Å². The largest absolute Gasteiger partial charge is 0.315 e. The third-order valence-electron chi connectivity index (χ3n) is 2.55. The molecule has 1 aliphatic rings. The molecule has 0 fully saturated rings.